The van der Waals surface area contributed by atoms with Crippen LogP contribution in [-0.2, 0) is 4.79 Å². The van der Waals surface area contributed by atoms with Gasteiger partial charge in [0, 0.05) is 5.92 Å². The normalized spacial score (nSPS) is 22.4. The van der Waals surface area contributed by atoms with Gasteiger partial charge >= 0.3 is 0 Å². The molecule has 0 spiro atoms. The van der Waals surface area contributed by atoms with Crippen LogP contribution in [0.1, 0.15) is 49.7 Å². The van der Waals surface area contributed by atoms with Crippen molar-refractivity contribution >= 4 is 5.78 Å². The van der Waals surface area contributed by atoms with E-state index >= 15 is 0 Å². The van der Waals surface area contributed by atoms with Crippen molar-refractivity contribution in [3.05, 3.63) is 95.1 Å². The third kappa shape index (κ3) is 3.31. The smallest absolute Gasteiger partial charge is 0.148 e. The maximum absolute atomic E-state index is 13.8. The Labute approximate surface area is 156 Å². The fraction of sp³-hybridized carbons (Fsp3) is 0.320. The molecular weight excluding hydrogens is 316 g/mol. The largest absolute Gasteiger partial charge is 0.298 e. The molecule has 2 unspecified atom stereocenters. The van der Waals surface area contributed by atoms with E-state index in [-0.39, 0.29) is 11.8 Å². The van der Waals surface area contributed by atoms with Gasteiger partial charge in [0.05, 0.1) is 5.92 Å². The first-order valence-corrected chi connectivity index (χ1v) is 9.75. The Bertz CT molecular complexity index is 789. The topological polar surface area (TPSA) is 17.1 Å². The molecular formula is C25H26O. The van der Waals surface area contributed by atoms with Crippen molar-refractivity contribution in [3.63, 3.8) is 0 Å². The maximum Gasteiger partial charge on any atom is 0.148 e. The summed E-state index contributed by atoms with van der Waals surface area (Å²) >= 11 is 0. The van der Waals surface area contributed by atoms with Gasteiger partial charge in [-0.05, 0) is 49.7 Å². The SMILES string of the molecule is CC1=CCC2C(=C1)CCCC2C(=O)C(c1ccccc1)c1ccccc1. The molecule has 2 aliphatic rings. The van der Waals surface area contributed by atoms with Crippen LogP contribution in [-0.4, -0.2) is 5.78 Å². The van der Waals surface area contributed by atoms with E-state index in [2.05, 4.69) is 43.3 Å². The fourth-order valence-electron chi connectivity index (χ4n) is 4.70. The van der Waals surface area contributed by atoms with Gasteiger partial charge in [0.15, 0.2) is 0 Å². The lowest BCUT2D eigenvalue weighted by Crippen LogP contribution is -2.33. The van der Waals surface area contributed by atoms with Gasteiger partial charge in [0.2, 0.25) is 0 Å². The molecule has 0 radical (unpaired) electrons. The first-order valence-electron chi connectivity index (χ1n) is 9.75. The number of carbonyl (C=O) groups is 1. The van der Waals surface area contributed by atoms with Crippen LogP contribution in [0.25, 0.3) is 0 Å². The van der Waals surface area contributed by atoms with Gasteiger partial charge in [-0.2, -0.15) is 0 Å². The summed E-state index contributed by atoms with van der Waals surface area (Å²) in [7, 11) is 0. The Morgan fingerprint density at radius 2 is 1.58 bits per heavy atom. The van der Waals surface area contributed by atoms with Crippen molar-refractivity contribution in [1.29, 1.82) is 0 Å². The lowest BCUT2D eigenvalue weighted by molar-refractivity contribution is -0.125. The zero-order valence-electron chi connectivity index (χ0n) is 15.4. The van der Waals surface area contributed by atoms with Crippen LogP contribution in [0, 0.1) is 11.8 Å². The number of Topliss-reactive ketones (excluding diaryl/α,β-unsaturated/α-hetero) is 1. The highest BCUT2D eigenvalue weighted by Gasteiger charge is 2.38. The lowest BCUT2D eigenvalue weighted by Gasteiger charge is -2.36. The quantitative estimate of drug-likeness (QED) is 0.658. The number of ketones is 1. The van der Waals surface area contributed by atoms with Crippen molar-refractivity contribution in [2.45, 2.75) is 38.5 Å². The van der Waals surface area contributed by atoms with E-state index in [1.165, 1.54) is 11.1 Å². The monoisotopic (exact) mass is 342 g/mol. The molecule has 0 bridgehead atoms. The molecule has 2 atom stereocenters. The highest BCUT2D eigenvalue weighted by atomic mass is 16.1. The molecule has 2 aromatic carbocycles. The molecule has 0 amide bonds. The summed E-state index contributed by atoms with van der Waals surface area (Å²) in [5, 5.41) is 0. The second-order valence-corrected chi connectivity index (χ2v) is 7.67. The summed E-state index contributed by atoms with van der Waals surface area (Å²) in [6.45, 7) is 2.17. The van der Waals surface area contributed by atoms with Crippen molar-refractivity contribution < 1.29 is 4.79 Å². The Kier molecular flexibility index (Phi) is 4.88. The Balaban J connectivity index is 1.70. The van der Waals surface area contributed by atoms with Crippen LogP contribution in [0.2, 0.25) is 0 Å². The van der Waals surface area contributed by atoms with Crippen molar-refractivity contribution in [2.75, 3.05) is 0 Å². The van der Waals surface area contributed by atoms with Crippen LogP contribution in [0.4, 0.5) is 0 Å². The van der Waals surface area contributed by atoms with Gasteiger partial charge in [0.25, 0.3) is 0 Å². The third-order valence-corrected chi connectivity index (χ3v) is 5.97. The third-order valence-electron chi connectivity index (χ3n) is 5.97. The first kappa shape index (κ1) is 17.0. The highest BCUT2D eigenvalue weighted by Crippen LogP contribution is 2.43. The van der Waals surface area contributed by atoms with Crippen molar-refractivity contribution in [2.24, 2.45) is 11.8 Å². The summed E-state index contributed by atoms with van der Waals surface area (Å²) < 4.78 is 0. The van der Waals surface area contributed by atoms with Gasteiger partial charge < -0.3 is 0 Å². The molecule has 4 rings (SSSR count). The van der Waals surface area contributed by atoms with E-state index < -0.39 is 0 Å². The van der Waals surface area contributed by atoms with Crippen LogP contribution < -0.4 is 0 Å². The number of rotatable bonds is 4. The molecule has 2 aromatic rings. The Hall–Kier alpha value is -2.41. The molecule has 0 N–H and O–H groups in total. The van der Waals surface area contributed by atoms with E-state index in [0.29, 0.717) is 11.7 Å². The lowest BCUT2D eigenvalue weighted by atomic mass is 9.67. The average Bonchev–Trinajstić information content (AvgIpc) is 2.69. The molecule has 0 aromatic heterocycles. The Morgan fingerprint density at radius 1 is 0.962 bits per heavy atom. The van der Waals surface area contributed by atoms with Crippen LogP contribution in [0.3, 0.4) is 0 Å². The van der Waals surface area contributed by atoms with Crippen LogP contribution in [0.15, 0.2) is 84.0 Å². The maximum atomic E-state index is 13.8. The second-order valence-electron chi connectivity index (χ2n) is 7.67. The summed E-state index contributed by atoms with van der Waals surface area (Å²) in [5.74, 6) is 0.763. The van der Waals surface area contributed by atoms with Crippen LogP contribution >= 0.6 is 0 Å². The number of fused-ring (bicyclic) bond motifs is 1. The zero-order valence-corrected chi connectivity index (χ0v) is 15.4. The predicted octanol–water partition coefficient (Wildman–Crippen LogP) is 6.08. The van der Waals surface area contributed by atoms with E-state index in [1.807, 2.05) is 36.4 Å². The number of hydrogen-bond donors (Lipinski definition) is 0. The van der Waals surface area contributed by atoms with Gasteiger partial charge in [0.1, 0.15) is 5.78 Å². The van der Waals surface area contributed by atoms with E-state index in [9.17, 15) is 4.79 Å². The summed E-state index contributed by atoms with van der Waals surface area (Å²) in [6, 6.07) is 20.6. The summed E-state index contributed by atoms with van der Waals surface area (Å²) in [4.78, 5) is 13.8. The molecule has 1 nitrogen and oxygen atoms in total. The average molecular weight is 342 g/mol. The molecule has 0 aliphatic heterocycles. The number of allylic oxidation sites excluding steroid dienone is 4. The minimum Gasteiger partial charge on any atom is -0.298 e. The van der Waals surface area contributed by atoms with Gasteiger partial charge in [-0.15, -0.1) is 0 Å². The summed E-state index contributed by atoms with van der Waals surface area (Å²) in [6.07, 6.45) is 8.95. The molecule has 0 saturated heterocycles. The van der Waals surface area contributed by atoms with E-state index in [4.69, 9.17) is 0 Å². The Morgan fingerprint density at radius 3 is 2.19 bits per heavy atom. The number of carbonyl (C=O) groups excluding carboxylic acids is 1. The van der Waals surface area contributed by atoms with Gasteiger partial charge in [-0.3, -0.25) is 4.79 Å². The predicted molar refractivity (Wildman–Crippen MR) is 107 cm³/mol. The molecule has 132 valence electrons. The number of hydrogen-bond acceptors (Lipinski definition) is 1. The fourth-order valence-corrected chi connectivity index (χ4v) is 4.70. The molecule has 1 fully saturated rings. The van der Waals surface area contributed by atoms with Crippen molar-refractivity contribution in [1.82, 2.24) is 0 Å². The zero-order chi connectivity index (χ0) is 17.9. The van der Waals surface area contributed by atoms with Crippen molar-refractivity contribution in [3.8, 4) is 0 Å². The van der Waals surface area contributed by atoms with E-state index in [0.717, 1.165) is 36.8 Å². The van der Waals surface area contributed by atoms with Gasteiger partial charge in [-0.1, -0.05) is 84.0 Å². The second kappa shape index (κ2) is 7.45. The number of benzene rings is 2. The van der Waals surface area contributed by atoms with E-state index in [1.54, 1.807) is 0 Å². The minimum absolute atomic E-state index is 0.129. The van der Waals surface area contributed by atoms with Gasteiger partial charge in [-0.25, -0.2) is 0 Å². The minimum atomic E-state index is -0.159. The molecule has 1 saturated carbocycles. The molecule has 0 heterocycles. The standard InChI is InChI=1S/C25H26O/c1-18-15-16-22-21(17-18)13-8-14-23(22)25(26)24(19-9-4-2-5-10-19)20-11-6-3-7-12-20/h2-7,9-12,15,17,22-24H,8,13-14,16H2,1H3. The molecule has 1 heteroatoms. The molecule has 2 aliphatic carbocycles. The summed E-state index contributed by atoms with van der Waals surface area (Å²) in [5.41, 5.74) is 5.08. The first-order chi connectivity index (χ1) is 12.7. The highest BCUT2D eigenvalue weighted by molar-refractivity contribution is 5.91. The molecule has 26 heavy (non-hydrogen) atoms. The van der Waals surface area contributed by atoms with Crippen LogP contribution in [0.5, 0.6) is 0 Å².